The highest BCUT2D eigenvalue weighted by atomic mass is 15.2. The van der Waals surface area contributed by atoms with Gasteiger partial charge in [-0.2, -0.15) is 0 Å². The molecule has 2 heteroatoms. The van der Waals surface area contributed by atoms with Gasteiger partial charge in [-0.15, -0.1) is 0 Å². The highest BCUT2D eigenvalue weighted by Crippen LogP contribution is 2.16. The Morgan fingerprint density at radius 1 is 0.850 bits per heavy atom. The molecular formula is C18H20N2. The lowest BCUT2D eigenvalue weighted by Crippen LogP contribution is -2.24. The summed E-state index contributed by atoms with van der Waals surface area (Å²) in [5, 5.41) is 0. The predicted octanol–water partition coefficient (Wildman–Crippen LogP) is 3.88. The number of hydrogen-bond donors (Lipinski definition) is 0. The molecule has 1 heterocycles. The lowest BCUT2D eigenvalue weighted by molar-refractivity contribution is 0.446. The first-order valence-corrected chi connectivity index (χ1v) is 7.28. The van der Waals surface area contributed by atoms with Crippen molar-refractivity contribution in [3.63, 3.8) is 0 Å². The van der Waals surface area contributed by atoms with E-state index >= 15 is 0 Å². The minimum Gasteiger partial charge on any atom is -0.356 e. The molecular weight excluding hydrogens is 244 g/mol. The number of aliphatic imine (C=N–C) groups is 1. The fourth-order valence-electron chi connectivity index (χ4n) is 2.63. The van der Waals surface area contributed by atoms with Gasteiger partial charge in [0.05, 0.1) is 12.4 Å². The highest BCUT2D eigenvalue weighted by Gasteiger charge is 2.18. The summed E-state index contributed by atoms with van der Waals surface area (Å²) in [4.78, 5) is 7.23. The van der Waals surface area contributed by atoms with E-state index < -0.39 is 0 Å². The molecule has 2 nitrogen and oxygen atoms in total. The Bertz CT molecular complexity index is 560. The van der Waals surface area contributed by atoms with Gasteiger partial charge in [0.25, 0.3) is 0 Å². The van der Waals surface area contributed by atoms with Crippen LogP contribution in [0.15, 0.2) is 65.7 Å². The van der Waals surface area contributed by atoms with E-state index in [0.717, 1.165) is 26.1 Å². The van der Waals surface area contributed by atoms with E-state index in [1.807, 2.05) is 6.07 Å². The molecule has 0 N–H and O–H groups in total. The number of amidine groups is 1. The van der Waals surface area contributed by atoms with Crippen LogP contribution >= 0.6 is 0 Å². The van der Waals surface area contributed by atoms with E-state index in [-0.39, 0.29) is 0 Å². The maximum atomic E-state index is 4.81. The average molecular weight is 264 g/mol. The van der Waals surface area contributed by atoms with E-state index in [9.17, 15) is 0 Å². The minimum absolute atomic E-state index is 0.793. The second-order valence-corrected chi connectivity index (χ2v) is 5.23. The van der Waals surface area contributed by atoms with Gasteiger partial charge in [0.2, 0.25) is 0 Å². The minimum atomic E-state index is 0.793. The maximum Gasteiger partial charge on any atom is 0.0996 e. The van der Waals surface area contributed by atoms with Crippen molar-refractivity contribution in [3.05, 3.63) is 71.8 Å². The van der Waals surface area contributed by atoms with Crippen LogP contribution in [0, 0.1) is 0 Å². The molecule has 0 aromatic heterocycles. The SMILES string of the molecule is c1ccc(CN=C2CCCN2Cc2ccccc2)cc1. The average Bonchev–Trinajstić information content (AvgIpc) is 2.94. The van der Waals surface area contributed by atoms with Crippen LogP contribution in [-0.2, 0) is 13.1 Å². The molecule has 1 aliphatic rings. The number of benzene rings is 2. The third kappa shape index (κ3) is 3.27. The number of hydrogen-bond acceptors (Lipinski definition) is 1. The van der Waals surface area contributed by atoms with Gasteiger partial charge in [-0.3, -0.25) is 4.99 Å². The first kappa shape index (κ1) is 12.9. The molecule has 0 saturated carbocycles. The van der Waals surface area contributed by atoms with Crippen molar-refractivity contribution >= 4 is 5.84 Å². The summed E-state index contributed by atoms with van der Waals surface area (Å²) < 4.78 is 0. The number of nitrogens with zero attached hydrogens (tertiary/aromatic N) is 2. The quantitative estimate of drug-likeness (QED) is 0.818. The van der Waals surface area contributed by atoms with E-state index in [1.165, 1.54) is 23.4 Å². The van der Waals surface area contributed by atoms with Gasteiger partial charge >= 0.3 is 0 Å². The molecule has 0 atom stereocenters. The Kier molecular flexibility index (Phi) is 4.12. The zero-order chi connectivity index (χ0) is 13.6. The Labute approximate surface area is 120 Å². The monoisotopic (exact) mass is 264 g/mol. The molecule has 2 aromatic rings. The van der Waals surface area contributed by atoms with Gasteiger partial charge in [0.1, 0.15) is 0 Å². The summed E-state index contributed by atoms with van der Waals surface area (Å²) >= 11 is 0. The van der Waals surface area contributed by atoms with Gasteiger partial charge in [0, 0.05) is 19.5 Å². The molecule has 0 radical (unpaired) electrons. The van der Waals surface area contributed by atoms with Crippen LogP contribution in [0.3, 0.4) is 0 Å². The van der Waals surface area contributed by atoms with E-state index in [2.05, 4.69) is 59.5 Å². The van der Waals surface area contributed by atoms with Gasteiger partial charge in [-0.25, -0.2) is 0 Å². The number of likely N-dealkylation sites (tertiary alicyclic amines) is 1. The molecule has 3 rings (SSSR count). The van der Waals surface area contributed by atoms with Crippen LogP contribution in [0.5, 0.6) is 0 Å². The van der Waals surface area contributed by atoms with Crippen LogP contribution in [0.1, 0.15) is 24.0 Å². The van der Waals surface area contributed by atoms with Crippen LogP contribution in [-0.4, -0.2) is 17.3 Å². The highest BCUT2D eigenvalue weighted by molar-refractivity contribution is 5.84. The fraction of sp³-hybridized carbons (Fsp3) is 0.278. The molecule has 1 aliphatic heterocycles. The second-order valence-electron chi connectivity index (χ2n) is 5.23. The third-order valence-corrected chi connectivity index (χ3v) is 3.70. The summed E-state index contributed by atoms with van der Waals surface area (Å²) in [5.41, 5.74) is 2.65. The molecule has 2 aromatic carbocycles. The molecule has 0 amide bonds. The molecule has 0 bridgehead atoms. The third-order valence-electron chi connectivity index (χ3n) is 3.70. The van der Waals surface area contributed by atoms with Crippen molar-refractivity contribution in [1.29, 1.82) is 0 Å². The molecule has 0 spiro atoms. The molecule has 102 valence electrons. The van der Waals surface area contributed by atoms with E-state index in [1.54, 1.807) is 0 Å². The Morgan fingerprint density at radius 2 is 1.50 bits per heavy atom. The first-order valence-electron chi connectivity index (χ1n) is 7.28. The standard InChI is InChI=1S/C18H20N2/c1-3-8-16(9-4-1)14-19-18-12-7-13-20(18)15-17-10-5-2-6-11-17/h1-6,8-11H,7,12-15H2. The first-order chi connectivity index (χ1) is 9.92. The van der Waals surface area contributed by atoms with Crippen LogP contribution in [0.4, 0.5) is 0 Å². The largest absolute Gasteiger partial charge is 0.356 e. The van der Waals surface area contributed by atoms with Crippen molar-refractivity contribution in [3.8, 4) is 0 Å². The van der Waals surface area contributed by atoms with Crippen molar-refractivity contribution in [1.82, 2.24) is 4.90 Å². The molecule has 1 fully saturated rings. The van der Waals surface area contributed by atoms with E-state index in [0.29, 0.717) is 0 Å². The van der Waals surface area contributed by atoms with Crippen molar-refractivity contribution < 1.29 is 0 Å². The Balaban J connectivity index is 1.66. The normalized spacial score (nSPS) is 16.8. The summed E-state index contributed by atoms with van der Waals surface area (Å²) in [5.74, 6) is 1.26. The van der Waals surface area contributed by atoms with Gasteiger partial charge < -0.3 is 4.90 Å². The fourth-order valence-corrected chi connectivity index (χ4v) is 2.63. The molecule has 0 unspecified atom stereocenters. The summed E-state index contributed by atoms with van der Waals surface area (Å²) in [7, 11) is 0. The Hall–Kier alpha value is -2.09. The second kappa shape index (κ2) is 6.38. The smallest absolute Gasteiger partial charge is 0.0996 e. The van der Waals surface area contributed by atoms with Crippen LogP contribution < -0.4 is 0 Å². The van der Waals surface area contributed by atoms with Crippen LogP contribution in [0.25, 0.3) is 0 Å². The Morgan fingerprint density at radius 3 is 2.20 bits per heavy atom. The zero-order valence-corrected chi connectivity index (χ0v) is 11.7. The topological polar surface area (TPSA) is 15.6 Å². The maximum absolute atomic E-state index is 4.81. The van der Waals surface area contributed by atoms with Gasteiger partial charge in [0.15, 0.2) is 0 Å². The molecule has 0 aliphatic carbocycles. The summed E-state index contributed by atoms with van der Waals surface area (Å²) in [6.07, 6.45) is 2.33. The van der Waals surface area contributed by atoms with Crippen molar-refractivity contribution in [2.24, 2.45) is 4.99 Å². The van der Waals surface area contributed by atoms with Crippen molar-refractivity contribution in [2.75, 3.05) is 6.54 Å². The van der Waals surface area contributed by atoms with Gasteiger partial charge in [-0.05, 0) is 17.5 Å². The van der Waals surface area contributed by atoms with Crippen molar-refractivity contribution in [2.45, 2.75) is 25.9 Å². The van der Waals surface area contributed by atoms with E-state index in [4.69, 9.17) is 4.99 Å². The number of rotatable bonds is 4. The molecule has 1 saturated heterocycles. The molecule has 20 heavy (non-hydrogen) atoms. The van der Waals surface area contributed by atoms with Gasteiger partial charge in [-0.1, -0.05) is 60.7 Å². The lowest BCUT2D eigenvalue weighted by atomic mass is 10.2. The zero-order valence-electron chi connectivity index (χ0n) is 11.7. The van der Waals surface area contributed by atoms with Crippen LogP contribution in [0.2, 0.25) is 0 Å². The lowest BCUT2D eigenvalue weighted by Gasteiger charge is -2.19. The predicted molar refractivity (Wildman–Crippen MR) is 83.7 cm³/mol. The summed E-state index contributed by atoms with van der Waals surface area (Å²) in [6, 6.07) is 21.1. The summed E-state index contributed by atoms with van der Waals surface area (Å²) in [6.45, 7) is 2.90.